The summed E-state index contributed by atoms with van der Waals surface area (Å²) in [6, 6.07) is -0.00343. The smallest absolute Gasteiger partial charge is 0.334 e. The van der Waals surface area contributed by atoms with Gasteiger partial charge in [0.15, 0.2) is 0 Å². The number of hydrogen-bond donors (Lipinski definition) is 4. The number of carbonyl (C=O) groups excluding carboxylic acids is 2. The second-order valence-corrected chi connectivity index (χ2v) is 19.1. The molecule has 1 aromatic rings. The third kappa shape index (κ3) is 5.67. The molecule has 0 atom stereocenters. The Balaban J connectivity index is 1.53. The van der Waals surface area contributed by atoms with Gasteiger partial charge in [0.2, 0.25) is 5.88 Å². The fourth-order valence-electron chi connectivity index (χ4n) is 6.46. The Morgan fingerprint density at radius 3 is 2.26 bits per heavy atom. The maximum absolute atomic E-state index is 13.6. The van der Waals surface area contributed by atoms with Gasteiger partial charge >= 0.3 is 11.7 Å². The summed E-state index contributed by atoms with van der Waals surface area (Å²) >= 11 is 0. The Kier molecular flexibility index (Phi) is 9.10. The van der Waals surface area contributed by atoms with Crippen LogP contribution in [0.2, 0.25) is 25.7 Å². The molecule has 0 aromatic carbocycles. The van der Waals surface area contributed by atoms with E-state index in [9.17, 15) is 29.4 Å². The molecule has 0 radical (unpaired) electrons. The molecule has 42 heavy (non-hydrogen) atoms. The first-order valence-corrected chi connectivity index (χ1v) is 18.7. The lowest BCUT2D eigenvalue weighted by atomic mass is 9.70. The highest BCUT2D eigenvalue weighted by Crippen LogP contribution is 2.48. The Morgan fingerprint density at radius 2 is 1.76 bits per heavy atom. The molecule has 1 aliphatic heterocycles. The zero-order chi connectivity index (χ0) is 31.0. The number of amides is 3. The Hall–Kier alpha value is -2.97. The largest absolute Gasteiger partial charge is 0.494 e. The van der Waals surface area contributed by atoms with E-state index < -0.39 is 59.6 Å². The summed E-state index contributed by atoms with van der Waals surface area (Å²) in [5, 5.41) is 28.9. The fourth-order valence-corrected chi connectivity index (χ4v) is 7.22. The molecule has 1 aromatic heterocycles. The molecule has 5 N–H and O–H groups in total. The molecule has 2 saturated carbocycles. The van der Waals surface area contributed by atoms with Gasteiger partial charge in [-0.2, -0.15) is 0 Å². The number of aromatic nitrogens is 2. The van der Waals surface area contributed by atoms with Gasteiger partial charge in [-0.3, -0.25) is 24.1 Å². The third-order valence-corrected chi connectivity index (χ3v) is 11.0. The minimum absolute atomic E-state index is 0.0825. The molecule has 1 saturated heterocycles. The van der Waals surface area contributed by atoms with E-state index in [0.29, 0.717) is 51.6 Å². The van der Waals surface area contributed by atoms with Crippen molar-refractivity contribution in [3.8, 4) is 5.88 Å². The zero-order valence-corrected chi connectivity index (χ0v) is 26.3. The number of hydrogen-bond acceptors (Lipinski definition) is 8. The van der Waals surface area contributed by atoms with Crippen LogP contribution >= 0.6 is 0 Å². The van der Waals surface area contributed by atoms with E-state index in [0.717, 1.165) is 21.6 Å². The Morgan fingerprint density at radius 1 is 1.12 bits per heavy atom. The van der Waals surface area contributed by atoms with Crippen LogP contribution < -0.4 is 17.0 Å². The van der Waals surface area contributed by atoms with E-state index in [-0.39, 0.29) is 32.3 Å². The number of amidine groups is 1. The number of ether oxygens (including phenoxy) is 1. The van der Waals surface area contributed by atoms with Crippen LogP contribution in [0.4, 0.5) is 4.79 Å². The normalized spacial score (nSPS) is 24.0. The van der Waals surface area contributed by atoms with Crippen molar-refractivity contribution in [2.75, 3.05) is 26.5 Å². The molecule has 13 nitrogen and oxygen atoms in total. The number of imide groups is 1. The van der Waals surface area contributed by atoms with Gasteiger partial charge in [0.25, 0.3) is 11.5 Å². The van der Waals surface area contributed by atoms with Crippen molar-refractivity contribution in [3.63, 3.8) is 0 Å². The predicted octanol–water partition coefficient (Wildman–Crippen LogP) is 2.00. The lowest BCUT2D eigenvalue weighted by molar-refractivity contribution is -0.141. The molecular weight excluding hydrogens is 560 g/mol. The monoisotopic (exact) mass is 606 g/mol. The maximum atomic E-state index is 13.6. The summed E-state index contributed by atoms with van der Waals surface area (Å²) in [6.07, 6.45) is 4.02. The minimum Gasteiger partial charge on any atom is -0.494 e. The van der Waals surface area contributed by atoms with Crippen LogP contribution in [0.5, 0.6) is 5.88 Å². The van der Waals surface area contributed by atoms with E-state index in [2.05, 4.69) is 19.6 Å². The zero-order valence-electron chi connectivity index (χ0n) is 25.3. The molecule has 3 fully saturated rings. The first-order chi connectivity index (χ1) is 19.7. The van der Waals surface area contributed by atoms with Crippen LogP contribution in [-0.2, 0) is 16.1 Å². The molecule has 3 amide bonds. The molecule has 3 aliphatic rings. The van der Waals surface area contributed by atoms with Gasteiger partial charge in [-0.05, 0) is 57.4 Å². The molecule has 2 heterocycles. The second kappa shape index (κ2) is 12.0. The molecular formula is C28H46N6O7Si. The van der Waals surface area contributed by atoms with Gasteiger partial charge in [0.05, 0.1) is 6.61 Å². The van der Waals surface area contributed by atoms with E-state index >= 15 is 0 Å². The summed E-state index contributed by atoms with van der Waals surface area (Å²) < 4.78 is 7.92. The van der Waals surface area contributed by atoms with Crippen molar-refractivity contribution < 1.29 is 24.5 Å². The summed E-state index contributed by atoms with van der Waals surface area (Å²) in [4.78, 5) is 56.4. The van der Waals surface area contributed by atoms with Crippen molar-refractivity contribution in [1.29, 1.82) is 5.41 Å². The number of aliphatic hydroxyl groups excluding tert-OH is 1. The highest BCUT2D eigenvalue weighted by Gasteiger charge is 2.61. The number of carbonyl (C=O) groups is 2. The number of rotatable bonds is 12. The second-order valence-electron chi connectivity index (χ2n) is 13.4. The van der Waals surface area contributed by atoms with Crippen molar-refractivity contribution in [3.05, 3.63) is 26.4 Å². The molecule has 0 unspecified atom stereocenters. The van der Waals surface area contributed by atoms with Gasteiger partial charge in [0, 0.05) is 39.2 Å². The summed E-state index contributed by atoms with van der Waals surface area (Å²) in [5.74, 6) is -1.46. The van der Waals surface area contributed by atoms with Gasteiger partial charge in [0.1, 0.15) is 23.7 Å². The van der Waals surface area contributed by atoms with Gasteiger partial charge in [-0.25, -0.2) is 14.5 Å². The molecule has 234 valence electrons. The highest BCUT2D eigenvalue weighted by molar-refractivity contribution is 6.76. The first-order valence-electron chi connectivity index (χ1n) is 15.0. The van der Waals surface area contributed by atoms with Crippen LogP contribution in [0.1, 0.15) is 69.9 Å². The molecule has 14 heteroatoms. The highest BCUT2D eigenvalue weighted by atomic mass is 28.3. The number of nitrogens with one attached hydrogen (secondary N) is 1. The van der Waals surface area contributed by atoms with Crippen molar-refractivity contribution in [2.45, 2.75) is 102 Å². The Bertz CT molecular complexity index is 1340. The summed E-state index contributed by atoms with van der Waals surface area (Å²) in [5.41, 5.74) is 2.12. The molecule has 0 bridgehead atoms. The van der Waals surface area contributed by atoms with E-state index in [1.807, 2.05) is 6.92 Å². The number of urea groups is 1. The topological polar surface area (TPSA) is 184 Å². The van der Waals surface area contributed by atoms with Gasteiger partial charge in [-0.1, -0.05) is 26.6 Å². The van der Waals surface area contributed by atoms with Crippen LogP contribution in [0.15, 0.2) is 9.59 Å². The fraction of sp³-hybridized carbons (Fsp3) is 0.750. The van der Waals surface area contributed by atoms with Crippen LogP contribution in [0.25, 0.3) is 0 Å². The van der Waals surface area contributed by atoms with Crippen molar-refractivity contribution in [1.82, 2.24) is 18.9 Å². The van der Waals surface area contributed by atoms with Gasteiger partial charge < -0.3 is 25.6 Å². The first kappa shape index (κ1) is 32.0. The van der Waals surface area contributed by atoms with Crippen LogP contribution in [-0.4, -0.2) is 87.0 Å². The lowest BCUT2D eigenvalue weighted by Crippen LogP contribution is -2.58. The van der Waals surface area contributed by atoms with E-state index in [4.69, 9.17) is 15.9 Å². The number of nitrogens with zero attached hydrogens (tertiary/aromatic N) is 4. The molecule has 2 aliphatic carbocycles. The lowest BCUT2D eigenvalue weighted by Gasteiger charge is -2.48. The summed E-state index contributed by atoms with van der Waals surface area (Å²) in [6.45, 7) is 9.06. The predicted molar refractivity (Wildman–Crippen MR) is 159 cm³/mol. The average molecular weight is 607 g/mol. The molecule has 1 spiro atoms. The third-order valence-electron chi connectivity index (χ3n) is 9.29. The van der Waals surface area contributed by atoms with Gasteiger partial charge in [-0.15, -0.1) is 0 Å². The SMILES string of the molecule is CCCn1c(O)c(C(=N)N)c(=O)n(C2CCC(CO)(CN3C(=O)N(COCC[Si](C)(C)C)C(=O)C34CCC4)CC2)c1=O. The van der Waals surface area contributed by atoms with Crippen LogP contribution in [0, 0.1) is 10.8 Å². The van der Waals surface area contributed by atoms with E-state index in [1.165, 1.54) is 4.90 Å². The number of aromatic hydroxyl groups is 1. The van der Waals surface area contributed by atoms with Crippen molar-refractivity contribution in [2.24, 2.45) is 11.1 Å². The number of nitrogen functional groups attached to an aromatic ring is 1. The number of aliphatic hydroxyl groups is 1. The quantitative estimate of drug-likeness (QED) is 0.0915. The summed E-state index contributed by atoms with van der Waals surface area (Å²) in [7, 11) is -1.33. The maximum Gasteiger partial charge on any atom is 0.334 e. The Labute approximate surface area is 246 Å². The molecule has 4 rings (SSSR count). The standard InChI is InChI=1S/C28H46N6O7Si/c1-5-13-31-22(36)20(21(29)30)23(37)34(26(31)40)19-7-11-27(17-35,12-8-19)16-33-25(39)32(18-41-14-15-42(2,3)4)24(38)28(33)9-6-10-28/h19,35-36H,5-18H2,1-4H3,(H3,29,30). The van der Waals surface area contributed by atoms with Crippen LogP contribution in [0.3, 0.4) is 0 Å². The number of nitrogens with two attached hydrogens (primary N) is 1. The van der Waals surface area contributed by atoms with E-state index in [1.54, 1.807) is 4.90 Å². The minimum atomic E-state index is -1.33. The average Bonchev–Trinajstić information content (AvgIpc) is 3.10. The van der Waals surface area contributed by atoms with Crippen molar-refractivity contribution >= 4 is 25.8 Å².